The lowest BCUT2D eigenvalue weighted by Gasteiger charge is -2.20. The monoisotopic (exact) mass is 235 g/mol. The van der Waals surface area contributed by atoms with Crippen molar-refractivity contribution in [3.63, 3.8) is 0 Å². The molecule has 1 rings (SSSR count). The fourth-order valence-corrected chi connectivity index (χ4v) is 1.52. The minimum atomic E-state index is -0.309. The zero-order valence-corrected chi connectivity index (χ0v) is 11.3. The van der Waals surface area contributed by atoms with Crippen LogP contribution in [0.15, 0.2) is 23.4 Å². The summed E-state index contributed by atoms with van der Waals surface area (Å²) >= 11 is 0. The van der Waals surface area contributed by atoms with Gasteiger partial charge < -0.3 is 4.74 Å². The van der Waals surface area contributed by atoms with E-state index in [2.05, 4.69) is 38.1 Å². The summed E-state index contributed by atoms with van der Waals surface area (Å²) in [5.74, 6) is 0.827. The van der Waals surface area contributed by atoms with Crippen molar-refractivity contribution in [3.05, 3.63) is 34.2 Å². The Kier molecular flexibility index (Phi) is 4.27. The molecule has 3 nitrogen and oxygen atoms in total. The summed E-state index contributed by atoms with van der Waals surface area (Å²) in [4.78, 5) is 10.3. The van der Waals surface area contributed by atoms with E-state index in [1.807, 2.05) is 13.0 Å². The van der Waals surface area contributed by atoms with Crippen LogP contribution in [0.2, 0.25) is 0 Å². The van der Waals surface area contributed by atoms with Gasteiger partial charge in [0.15, 0.2) is 0 Å². The molecule has 0 heterocycles. The number of nitroso groups, excluding NO2 is 1. The van der Waals surface area contributed by atoms with E-state index in [1.54, 1.807) is 6.92 Å². The van der Waals surface area contributed by atoms with Crippen molar-refractivity contribution in [3.8, 4) is 5.75 Å². The zero-order valence-electron chi connectivity index (χ0n) is 11.3. The highest BCUT2D eigenvalue weighted by atomic mass is 16.5. The third-order valence-electron chi connectivity index (χ3n) is 2.70. The summed E-state index contributed by atoms with van der Waals surface area (Å²) in [7, 11) is 0. The molecule has 1 unspecified atom stereocenters. The van der Waals surface area contributed by atoms with E-state index in [-0.39, 0.29) is 11.5 Å². The SMILES string of the molecule is Cc1cc(C(C)(C)C)ccc1OCC(C)N=O. The van der Waals surface area contributed by atoms with Crippen molar-refractivity contribution in [1.82, 2.24) is 0 Å². The maximum Gasteiger partial charge on any atom is 0.123 e. The lowest BCUT2D eigenvalue weighted by molar-refractivity contribution is 0.294. The second kappa shape index (κ2) is 5.30. The molecular weight excluding hydrogens is 214 g/mol. The quantitative estimate of drug-likeness (QED) is 0.744. The summed E-state index contributed by atoms with van der Waals surface area (Å²) in [6.07, 6.45) is 0. The third kappa shape index (κ3) is 3.84. The number of rotatable bonds is 4. The van der Waals surface area contributed by atoms with E-state index in [1.165, 1.54) is 5.56 Å². The molecular formula is C14H21NO2. The lowest BCUT2D eigenvalue weighted by atomic mass is 9.86. The van der Waals surface area contributed by atoms with E-state index in [4.69, 9.17) is 4.74 Å². The molecule has 0 fully saturated rings. The number of aryl methyl sites for hydroxylation is 1. The Balaban J connectivity index is 2.80. The van der Waals surface area contributed by atoms with E-state index < -0.39 is 0 Å². The Hall–Kier alpha value is -1.38. The van der Waals surface area contributed by atoms with E-state index in [0.29, 0.717) is 6.61 Å². The number of benzene rings is 1. The minimum absolute atomic E-state index is 0.140. The fourth-order valence-electron chi connectivity index (χ4n) is 1.52. The highest BCUT2D eigenvalue weighted by Gasteiger charge is 2.15. The summed E-state index contributed by atoms with van der Waals surface area (Å²) in [6, 6.07) is 5.86. The van der Waals surface area contributed by atoms with Crippen LogP contribution >= 0.6 is 0 Å². The van der Waals surface area contributed by atoms with Gasteiger partial charge in [-0.15, -0.1) is 0 Å². The van der Waals surface area contributed by atoms with Crippen molar-refractivity contribution >= 4 is 0 Å². The number of hydrogen-bond acceptors (Lipinski definition) is 3. The van der Waals surface area contributed by atoms with Gasteiger partial charge in [0.1, 0.15) is 18.4 Å². The molecule has 0 amide bonds. The van der Waals surface area contributed by atoms with Crippen molar-refractivity contribution in [2.75, 3.05) is 6.61 Å². The first-order valence-corrected chi connectivity index (χ1v) is 5.91. The largest absolute Gasteiger partial charge is 0.491 e. The van der Waals surface area contributed by atoms with Gasteiger partial charge in [0.25, 0.3) is 0 Å². The predicted molar refractivity (Wildman–Crippen MR) is 70.6 cm³/mol. The van der Waals surface area contributed by atoms with E-state index in [0.717, 1.165) is 11.3 Å². The van der Waals surface area contributed by atoms with Crippen LogP contribution in [-0.4, -0.2) is 12.6 Å². The second-order valence-electron chi connectivity index (χ2n) is 5.50. The van der Waals surface area contributed by atoms with Gasteiger partial charge in [0.2, 0.25) is 0 Å². The Morgan fingerprint density at radius 2 is 2.00 bits per heavy atom. The normalized spacial score (nSPS) is 13.2. The number of hydrogen-bond donors (Lipinski definition) is 0. The van der Waals surface area contributed by atoms with Crippen LogP contribution in [-0.2, 0) is 5.41 Å². The van der Waals surface area contributed by atoms with Gasteiger partial charge in [-0.25, -0.2) is 0 Å². The summed E-state index contributed by atoms with van der Waals surface area (Å²) in [5.41, 5.74) is 2.51. The molecule has 3 heteroatoms. The summed E-state index contributed by atoms with van der Waals surface area (Å²) in [5, 5.41) is 2.92. The maximum atomic E-state index is 10.3. The van der Waals surface area contributed by atoms with Crippen molar-refractivity contribution < 1.29 is 4.74 Å². The standard InChI is InChI=1S/C14H21NO2/c1-10-8-12(14(3,4)5)6-7-13(10)17-9-11(2)15-16/h6-8,11H,9H2,1-5H3. The number of nitrogens with zero attached hydrogens (tertiary/aromatic N) is 1. The average Bonchev–Trinajstić information content (AvgIpc) is 2.25. The van der Waals surface area contributed by atoms with Crippen LogP contribution < -0.4 is 4.74 Å². The number of ether oxygens (including phenoxy) is 1. The highest BCUT2D eigenvalue weighted by molar-refractivity contribution is 5.38. The Bertz CT molecular complexity index is 394. The van der Waals surface area contributed by atoms with Crippen LogP contribution in [0.5, 0.6) is 5.75 Å². The molecule has 1 atom stereocenters. The molecule has 0 aliphatic carbocycles. The highest BCUT2D eigenvalue weighted by Crippen LogP contribution is 2.27. The first-order chi connectivity index (χ1) is 7.84. The third-order valence-corrected chi connectivity index (χ3v) is 2.70. The van der Waals surface area contributed by atoms with Gasteiger partial charge in [0, 0.05) is 0 Å². The fraction of sp³-hybridized carbons (Fsp3) is 0.571. The van der Waals surface area contributed by atoms with Crippen LogP contribution in [0.4, 0.5) is 0 Å². The molecule has 0 radical (unpaired) electrons. The van der Waals surface area contributed by atoms with Gasteiger partial charge in [-0.2, -0.15) is 4.91 Å². The summed E-state index contributed by atoms with van der Waals surface area (Å²) < 4.78 is 5.56. The smallest absolute Gasteiger partial charge is 0.123 e. The summed E-state index contributed by atoms with van der Waals surface area (Å²) in [6.45, 7) is 10.6. The van der Waals surface area contributed by atoms with Crippen LogP contribution in [0.1, 0.15) is 38.8 Å². The molecule has 0 bridgehead atoms. The first kappa shape index (κ1) is 13.7. The van der Waals surface area contributed by atoms with Crippen LogP contribution in [0, 0.1) is 11.8 Å². The van der Waals surface area contributed by atoms with Crippen molar-refractivity contribution in [1.29, 1.82) is 0 Å². The van der Waals surface area contributed by atoms with Gasteiger partial charge in [-0.3, -0.25) is 0 Å². The second-order valence-corrected chi connectivity index (χ2v) is 5.50. The molecule has 0 spiro atoms. The molecule has 1 aromatic carbocycles. The molecule has 94 valence electrons. The first-order valence-electron chi connectivity index (χ1n) is 5.91. The van der Waals surface area contributed by atoms with E-state index in [9.17, 15) is 4.91 Å². The zero-order chi connectivity index (χ0) is 13.1. The van der Waals surface area contributed by atoms with Gasteiger partial charge in [-0.05, 0) is 36.5 Å². The van der Waals surface area contributed by atoms with Crippen LogP contribution in [0.25, 0.3) is 0 Å². The Morgan fingerprint density at radius 3 is 2.47 bits per heavy atom. The average molecular weight is 235 g/mol. The molecule has 17 heavy (non-hydrogen) atoms. The van der Waals surface area contributed by atoms with Gasteiger partial charge in [0.05, 0.1) is 0 Å². The van der Waals surface area contributed by atoms with Gasteiger partial charge in [-0.1, -0.05) is 38.1 Å². The minimum Gasteiger partial charge on any atom is -0.491 e. The molecule has 1 aromatic rings. The van der Waals surface area contributed by atoms with Crippen molar-refractivity contribution in [2.45, 2.75) is 46.1 Å². The molecule has 0 aliphatic rings. The predicted octanol–water partition coefficient (Wildman–Crippen LogP) is 3.83. The maximum absolute atomic E-state index is 10.3. The topological polar surface area (TPSA) is 38.7 Å². The lowest BCUT2D eigenvalue weighted by Crippen LogP contribution is -2.13. The molecule has 0 N–H and O–H groups in total. The van der Waals surface area contributed by atoms with Crippen molar-refractivity contribution in [2.24, 2.45) is 5.18 Å². The Labute approximate surface area is 103 Å². The molecule has 0 saturated carbocycles. The Morgan fingerprint density at radius 1 is 1.35 bits per heavy atom. The molecule has 0 saturated heterocycles. The van der Waals surface area contributed by atoms with E-state index >= 15 is 0 Å². The van der Waals surface area contributed by atoms with Crippen LogP contribution in [0.3, 0.4) is 0 Å². The molecule has 0 aromatic heterocycles. The molecule has 0 aliphatic heterocycles. The van der Waals surface area contributed by atoms with Gasteiger partial charge >= 0.3 is 0 Å².